The fourth-order valence-electron chi connectivity index (χ4n) is 3.86. The number of carbonyl (C=O) groups excluding carboxylic acids is 1. The van der Waals surface area contributed by atoms with Crippen molar-refractivity contribution in [2.24, 2.45) is 10.9 Å². The lowest BCUT2D eigenvalue weighted by atomic mass is 10.1. The van der Waals surface area contributed by atoms with Gasteiger partial charge in [0.1, 0.15) is 5.76 Å². The molecule has 1 aromatic heterocycles. The Bertz CT molecular complexity index is 635. The van der Waals surface area contributed by atoms with Gasteiger partial charge in [0.05, 0.1) is 12.3 Å². The number of likely N-dealkylation sites (tertiary alicyclic amines) is 1. The summed E-state index contributed by atoms with van der Waals surface area (Å²) in [6.07, 6.45) is 4.66. The lowest BCUT2D eigenvalue weighted by molar-refractivity contribution is -0.136. The zero-order chi connectivity index (χ0) is 19.9. The van der Waals surface area contributed by atoms with Gasteiger partial charge >= 0.3 is 0 Å². The third kappa shape index (κ3) is 5.50. The number of furan rings is 1. The Balaban J connectivity index is 1.52. The maximum absolute atomic E-state index is 12.8. The van der Waals surface area contributed by atoms with Gasteiger partial charge in [0, 0.05) is 45.7 Å². The van der Waals surface area contributed by atoms with Gasteiger partial charge in [-0.25, -0.2) is 0 Å². The SMILES string of the molecule is CC(C)CN=C(NCCc1ccco1)N1CCN(C(=O)C2CCCN2C)CC1. The van der Waals surface area contributed by atoms with Crippen molar-refractivity contribution in [3.8, 4) is 0 Å². The van der Waals surface area contributed by atoms with Crippen LogP contribution in [0.15, 0.2) is 27.8 Å². The Kier molecular flexibility index (Phi) is 7.36. The molecule has 156 valence electrons. The van der Waals surface area contributed by atoms with Crippen molar-refractivity contribution in [1.29, 1.82) is 0 Å². The molecular weight excluding hydrogens is 354 g/mol. The molecule has 1 aromatic rings. The van der Waals surface area contributed by atoms with Crippen molar-refractivity contribution in [1.82, 2.24) is 20.0 Å². The monoisotopic (exact) mass is 389 g/mol. The third-order valence-corrected chi connectivity index (χ3v) is 5.54. The lowest BCUT2D eigenvalue weighted by Gasteiger charge is -2.38. The molecule has 0 bridgehead atoms. The average Bonchev–Trinajstić information content (AvgIpc) is 3.35. The number of aliphatic imine (C=N–C) groups is 1. The van der Waals surface area contributed by atoms with E-state index in [-0.39, 0.29) is 6.04 Å². The van der Waals surface area contributed by atoms with E-state index in [1.165, 1.54) is 0 Å². The van der Waals surface area contributed by atoms with Crippen LogP contribution in [-0.4, -0.2) is 85.5 Å². The Hall–Kier alpha value is -2.02. The zero-order valence-electron chi connectivity index (χ0n) is 17.6. The Labute approximate surface area is 168 Å². The van der Waals surface area contributed by atoms with Gasteiger partial charge < -0.3 is 19.5 Å². The van der Waals surface area contributed by atoms with E-state index in [2.05, 4.69) is 36.0 Å². The van der Waals surface area contributed by atoms with Gasteiger partial charge in [-0.05, 0) is 44.5 Å². The average molecular weight is 390 g/mol. The molecule has 7 nitrogen and oxygen atoms in total. The Morgan fingerprint density at radius 1 is 1.25 bits per heavy atom. The minimum absolute atomic E-state index is 0.0760. The summed E-state index contributed by atoms with van der Waals surface area (Å²) in [5, 5.41) is 3.49. The van der Waals surface area contributed by atoms with Crippen molar-refractivity contribution < 1.29 is 9.21 Å². The lowest BCUT2D eigenvalue weighted by Crippen LogP contribution is -2.56. The van der Waals surface area contributed by atoms with Crippen molar-refractivity contribution in [3.05, 3.63) is 24.2 Å². The standard InChI is InChI=1S/C21H35N5O2/c1-17(2)16-23-21(22-9-8-18-6-5-15-28-18)26-13-11-25(12-14-26)20(27)19-7-4-10-24(19)3/h5-6,15,17,19H,4,7-14,16H2,1-3H3,(H,22,23). The molecular formula is C21H35N5O2. The molecule has 3 heterocycles. The fourth-order valence-corrected chi connectivity index (χ4v) is 3.86. The minimum atomic E-state index is 0.0760. The molecule has 1 amide bonds. The van der Waals surface area contributed by atoms with Gasteiger partial charge in [-0.2, -0.15) is 0 Å². The number of hydrogen-bond donors (Lipinski definition) is 1. The van der Waals surface area contributed by atoms with E-state index in [4.69, 9.17) is 9.41 Å². The summed E-state index contributed by atoms with van der Waals surface area (Å²) in [7, 11) is 2.06. The van der Waals surface area contributed by atoms with Crippen LogP contribution in [0.3, 0.4) is 0 Å². The van der Waals surface area contributed by atoms with Crippen LogP contribution in [0.25, 0.3) is 0 Å². The van der Waals surface area contributed by atoms with Crippen LogP contribution < -0.4 is 5.32 Å². The molecule has 1 atom stereocenters. The van der Waals surface area contributed by atoms with E-state index in [1.807, 2.05) is 17.0 Å². The summed E-state index contributed by atoms with van der Waals surface area (Å²) in [6, 6.07) is 3.99. The second-order valence-corrected chi connectivity index (χ2v) is 8.27. The van der Waals surface area contributed by atoms with Gasteiger partial charge in [0.2, 0.25) is 5.91 Å². The molecule has 1 unspecified atom stereocenters. The minimum Gasteiger partial charge on any atom is -0.469 e. The van der Waals surface area contributed by atoms with E-state index in [9.17, 15) is 4.79 Å². The molecule has 0 radical (unpaired) electrons. The molecule has 0 saturated carbocycles. The van der Waals surface area contributed by atoms with Crippen LogP contribution >= 0.6 is 0 Å². The molecule has 1 N–H and O–H groups in total. The highest BCUT2D eigenvalue weighted by Gasteiger charge is 2.33. The van der Waals surface area contributed by atoms with Crippen LogP contribution in [0, 0.1) is 5.92 Å². The van der Waals surface area contributed by atoms with Crippen molar-refractivity contribution in [2.45, 2.75) is 39.2 Å². The van der Waals surface area contributed by atoms with Crippen LogP contribution in [0.4, 0.5) is 0 Å². The summed E-state index contributed by atoms with van der Waals surface area (Å²) in [4.78, 5) is 24.1. The van der Waals surface area contributed by atoms with Crippen molar-refractivity contribution in [2.75, 3.05) is 52.9 Å². The van der Waals surface area contributed by atoms with E-state index in [0.717, 1.165) is 76.8 Å². The Morgan fingerprint density at radius 2 is 2.00 bits per heavy atom. The predicted octanol–water partition coefficient (Wildman–Crippen LogP) is 1.66. The molecule has 0 spiro atoms. The summed E-state index contributed by atoms with van der Waals surface area (Å²) < 4.78 is 5.42. The number of likely N-dealkylation sites (N-methyl/N-ethyl adjacent to an activating group) is 1. The first-order valence-electron chi connectivity index (χ1n) is 10.6. The quantitative estimate of drug-likeness (QED) is 0.592. The highest BCUT2D eigenvalue weighted by molar-refractivity contribution is 5.83. The molecule has 2 saturated heterocycles. The molecule has 2 aliphatic rings. The fraction of sp³-hybridized carbons (Fsp3) is 0.714. The molecule has 0 aromatic carbocycles. The van der Waals surface area contributed by atoms with E-state index >= 15 is 0 Å². The Morgan fingerprint density at radius 3 is 2.61 bits per heavy atom. The maximum Gasteiger partial charge on any atom is 0.240 e. The molecule has 28 heavy (non-hydrogen) atoms. The first kappa shape index (κ1) is 20.7. The van der Waals surface area contributed by atoms with Gasteiger partial charge in [0.25, 0.3) is 0 Å². The van der Waals surface area contributed by atoms with Crippen LogP contribution in [0.2, 0.25) is 0 Å². The van der Waals surface area contributed by atoms with Gasteiger partial charge in [0.15, 0.2) is 5.96 Å². The number of carbonyl (C=O) groups is 1. The number of amides is 1. The number of nitrogens with zero attached hydrogens (tertiary/aromatic N) is 4. The third-order valence-electron chi connectivity index (χ3n) is 5.54. The number of hydrogen-bond acceptors (Lipinski definition) is 4. The summed E-state index contributed by atoms with van der Waals surface area (Å²) in [5.41, 5.74) is 0. The van der Waals surface area contributed by atoms with Crippen LogP contribution in [-0.2, 0) is 11.2 Å². The molecule has 3 rings (SSSR count). The zero-order valence-corrected chi connectivity index (χ0v) is 17.6. The summed E-state index contributed by atoms with van der Waals surface area (Å²) in [5.74, 6) is 2.74. The highest BCUT2D eigenvalue weighted by atomic mass is 16.3. The molecule has 7 heteroatoms. The first-order chi connectivity index (χ1) is 13.5. The summed E-state index contributed by atoms with van der Waals surface area (Å²) in [6.45, 7) is 10.2. The molecule has 2 aliphatic heterocycles. The first-order valence-corrected chi connectivity index (χ1v) is 10.6. The van der Waals surface area contributed by atoms with E-state index in [0.29, 0.717) is 11.8 Å². The second kappa shape index (κ2) is 9.96. The van der Waals surface area contributed by atoms with Gasteiger partial charge in [-0.15, -0.1) is 0 Å². The van der Waals surface area contributed by atoms with Gasteiger partial charge in [-0.3, -0.25) is 14.7 Å². The van der Waals surface area contributed by atoms with E-state index in [1.54, 1.807) is 6.26 Å². The number of rotatable bonds is 6. The number of nitrogens with one attached hydrogen (secondary N) is 1. The normalized spacial score (nSPS) is 21.6. The summed E-state index contributed by atoms with van der Waals surface area (Å²) >= 11 is 0. The second-order valence-electron chi connectivity index (χ2n) is 8.27. The van der Waals surface area contributed by atoms with E-state index < -0.39 is 0 Å². The van der Waals surface area contributed by atoms with Crippen LogP contribution in [0.5, 0.6) is 0 Å². The largest absolute Gasteiger partial charge is 0.469 e. The van der Waals surface area contributed by atoms with Crippen molar-refractivity contribution >= 4 is 11.9 Å². The van der Waals surface area contributed by atoms with Crippen LogP contribution in [0.1, 0.15) is 32.4 Å². The number of guanidine groups is 1. The molecule has 0 aliphatic carbocycles. The molecule has 2 fully saturated rings. The maximum atomic E-state index is 12.8. The van der Waals surface area contributed by atoms with Crippen molar-refractivity contribution in [3.63, 3.8) is 0 Å². The van der Waals surface area contributed by atoms with Gasteiger partial charge in [-0.1, -0.05) is 13.8 Å². The predicted molar refractivity (Wildman–Crippen MR) is 111 cm³/mol. The smallest absolute Gasteiger partial charge is 0.240 e. The number of piperazine rings is 1. The topological polar surface area (TPSA) is 64.3 Å². The highest BCUT2D eigenvalue weighted by Crippen LogP contribution is 2.18.